The Bertz CT molecular complexity index is 813. The lowest BCUT2D eigenvalue weighted by Gasteiger charge is -2.11. The van der Waals surface area contributed by atoms with Gasteiger partial charge in [-0.15, -0.1) is 0 Å². The summed E-state index contributed by atoms with van der Waals surface area (Å²) in [7, 11) is 0. The molecule has 5 nitrogen and oxygen atoms in total. The molecule has 0 radical (unpaired) electrons. The number of nitrogens with one attached hydrogen (secondary N) is 2. The average molecular weight is 379 g/mol. The molecule has 0 bridgehead atoms. The van der Waals surface area contributed by atoms with Crippen molar-refractivity contribution in [3.05, 3.63) is 58.1 Å². The van der Waals surface area contributed by atoms with Gasteiger partial charge in [-0.2, -0.15) is 5.26 Å². The van der Waals surface area contributed by atoms with Gasteiger partial charge in [-0.1, -0.05) is 53.2 Å². The van der Waals surface area contributed by atoms with Crippen LogP contribution in [0.25, 0.3) is 0 Å². The van der Waals surface area contributed by atoms with Crippen molar-refractivity contribution in [3.8, 4) is 6.19 Å². The monoisotopic (exact) mass is 378 g/mol. The molecule has 0 aliphatic heterocycles. The fraction of sp³-hybridized carbons (Fsp3) is 0.0625. The number of amides is 1. The first kappa shape index (κ1) is 18.1. The maximum Gasteiger partial charge on any atom is 0.257 e. The second-order valence-electron chi connectivity index (χ2n) is 4.43. The normalized spacial score (nSPS) is 10.8. The van der Waals surface area contributed by atoms with Crippen LogP contribution in [-0.2, 0) is 0 Å². The van der Waals surface area contributed by atoms with Crippen LogP contribution in [0.2, 0.25) is 10.0 Å². The Morgan fingerprint density at radius 3 is 2.46 bits per heavy atom. The van der Waals surface area contributed by atoms with Gasteiger partial charge in [0.25, 0.3) is 5.91 Å². The number of nitriles is 1. The van der Waals surface area contributed by atoms with E-state index in [9.17, 15) is 4.79 Å². The summed E-state index contributed by atoms with van der Waals surface area (Å²) in [5, 5.41) is 14.9. The SMILES string of the molecule is CSC(=Nc1ccccc1C(=O)Nc1c(Cl)cccc1Cl)NC#N. The van der Waals surface area contributed by atoms with Crippen molar-refractivity contribution in [3.63, 3.8) is 0 Å². The number of amidine groups is 1. The van der Waals surface area contributed by atoms with E-state index in [4.69, 9.17) is 28.5 Å². The molecule has 0 aromatic heterocycles. The molecule has 0 aliphatic rings. The van der Waals surface area contributed by atoms with Crippen molar-refractivity contribution in [2.75, 3.05) is 11.6 Å². The standard InChI is InChI=1S/C16H12Cl2N4OS/c1-24-16(20-9-19)21-13-8-3-2-5-10(13)15(23)22-14-11(17)6-4-7-12(14)18/h2-8H,1H3,(H,20,21)(H,22,23). The van der Waals surface area contributed by atoms with Crippen LogP contribution in [0.1, 0.15) is 10.4 Å². The van der Waals surface area contributed by atoms with E-state index in [2.05, 4.69) is 15.6 Å². The molecule has 2 N–H and O–H groups in total. The van der Waals surface area contributed by atoms with Crippen molar-refractivity contribution < 1.29 is 4.79 Å². The quantitative estimate of drug-likeness (QED) is 0.352. The molecule has 1 amide bonds. The number of carbonyl (C=O) groups is 1. The van der Waals surface area contributed by atoms with Gasteiger partial charge in [0.1, 0.15) is 0 Å². The molecule has 0 unspecified atom stereocenters. The number of nitrogens with zero attached hydrogens (tertiary/aromatic N) is 2. The summed E-state index contributed by atoms with van der Waals surface area (Å²) in [4.78, 5) is 16.9. The summed E-state index contributed by atoms with van der Waals surface area (Å²) >= 11 is 13.4. The highest BCUT2D eigenvalue weighted by atomic mass is 35.5. The molecule has 24 heavy (non-hydrogen) atoms. The van der Waals surface area contributed by atoms with Gasteiger partial charge in [0.05, 0.1) is 27.0 Å². The molecule has 0 spiro atoms. The van der Waals surface area contributed by atoms with Crippen LogP contribution in [0, 0.1) is 11.5 Å². The summed E-state index contributed by atoms with van der Waals surface area (Å²) < 4.78 is 0. The molecule has 2 aromatic rings. The largest absolute Gasteiger partial charge is 0.319 e. The van der Waals surface area contributed by atoms with E-state index in [0.717, 1.165) is 0 Å². The van der Waals surface area contributed by atoms with Crippen LogP contribution in [0.15, 0.2) is 47.5 Å². The molecule has 0 heterocycles. The van der Waals surface area contributed by atoms with Crippen molar-refractivity contribution in [1.29, 1.82) is 5.26 Å². The topological polar surface area (TPSA) is 77.3 Å². The van der Waals surface area contributed by atoms with Crippen molar-refractivity contribution in [2.24, 2.45) is 4.99 Å². The predicted octanol–water partition coefficient (Wildman–Crippen LogP) is 4.67. The highest BCUT2D eigenvalue weighted by Crippen LogP contribution is 2.31. The maximum atomic E-state index is 12.6. The van der Waals surface area contributed by atoms with Gasteiger partial charge in [0.2, 0.25) is 0 Å². The number of hydrogen-bond acceptors (Lipinski definition) is 4. The Labute approximate surface area is 153 Å². The second kappa shape index (κ2) is 8.60. The van der Waals surface area contributed by atoms with Gasteiger partial charge in [-0.05, 0) is 30.5 Å². The Hall–Kier alpha value is -2.20. The molecule has 0 atom stereocenters. The van der Waals surface area contributed by atoms with E-state index < -0.39 is 5.91 Å². The Morgan fingerprint density at radius 1 is 1.17 bits per heavy atom. The third kappa shape index (κ3) is 4.42. The van der Waals surface area contributed by atoms with Gasteiger partial charge in [0, 0.05) is 0 Å². The maximum absolute atomic E-state index is 12.6. The number of rotatable bonds is 3. The van der Waals surface area contributed by atoms with E-state index in [0.29, 0.717) is 32.2 Å². The van der Waals surface area contributed by atoms with E-state index in [1.807, 2.05) is 0 Å². The molecule has 122 valence electrons. The van der Waals surface area contributed by atoms with E-state index in [1.54, 1.807) is 54.9 Å². The summed E-state index contributed by atoms with van der Waals surface area (Å²) in [6.45, 7) is 0. The molecular weight excluding hydrogens is 367 g/mol. The zero-order valence-electron chi connectivity index (χ0n) is 12.5. The molecule has 2 aromatic carbocycles. The second-order valence-corrected chi connectivity index (χ2v) is 6.04. The van der Waals surface area contributed by atoms with Crippen molar-refractivity contribution >= 4 is 57.4 Å². The van der Waals surface area contributed by atoms with Crippen LogP contribution < -0.4 is 10.6 Å². The zero-order chi connectivity index (χ0) is 17.5. The number of hydrogen-bond donors (Lipinski definition) is 2. The van der Waals surface area contributed by atoms with Gasteiger partial charge >= 0.3 is 0 Å². The lowest BCUT2D eigenvalue weighted by Crippen LogP contribution is -2.15. The molecular formula is C16H12Cl2N4OS. The van der Waals surface area contributed by atoms with Gasteiger partial charge in [0.15, 0.2) is 11.4 Å². The Kier molecular flexibility index (Phi) is 6.50. The fourth-order valence-corrected chi connectivity index (χ4v) is 2.67. The summed E-state index contributed by atoms with van der Waals surface area (Å²) in [5.41, 5.74) is 1.09. The minimum absolute atomic E-state index is 0.333. The third-order valence-electron chi connectivity index (χ3n) is 2.93. The van der Waals surface area contributed by atoms with Gasteiger partial charge in [-0.3, -0.25) is 10.1 Å². The first-order valence-electron chi connectivity index (χ1n) is 6.69. The first-order chi connectivity index (χ1) is 11.6. The molecule has 0 saturated heterocycles. The van der Waals surface area contributed by atoms with Gasteiger partial charge in [-0.25, -0.2) is 4.99 Å². The number of thioether (sulfide) groups is 1. The van der Waals surface area contributed by atoms with Crippen molar-refractivity contribution in [2.45, 2.75) is 0 Å². The summed E-state index contributed by atoms with van der Waals surface area (Å²) in [6.07, 6.45) is 3.58. The highest BCUT2D eigenvalue weighted by Gasteiger charge is 2.15. The molecule has 0 aliphatic carbocycles. The number of aliphatic imine (C=N–C) groups is 1. The lowest BCUT2D eigenvalue weighted by atomic mass is 10.1. The average Bonchev–Trinajstić information content (AvgIpc) is 2.58. The van der Waals surface area contributed by atoms with Crippen molar-refractivity contribution in [1.82, 2.24) is 5.32 Å². The molecule has 8 heteroatoms. The minimum Gasteiger partial charge on any atom is -0.319 e. The number of anilines is 1. The zero-order valence-corrected chi connectivity index (χ0v) is 14.8. The van der Waals surface area contributed by atoms with Crippen LogP contribution in [-0.4, -0.2) is 17.3 Å². The van der Waals surface area contributed by atoms with Crippen LogP contribution in [0.4, 0.5) is 11.4 Å². The van der Waals surface area contributed by atoms with E-state index >= 15 is 0 Å². The predicted molar refractivity (Wildman–Crippen MR) is 100 cm³/mol. The van der Waals surface area contributed by atoms with E-state index in [1.165, 1.54) is 11.8 Å². The van der Waals surface area contributed by atoms with Crippen LogP contribution in [0.5, 0.6) is 0 Å². The summed E-state index contributed by atoms with van der Waals surface area (Å²) in [6, 6.07) is 11.7. The molecule has 2 rings (SSSR count). The number of para-hydroxylation sites is 2. The third-order valence-corrected chi connectivity index (χ3v) is 4.14. The smallest absolute Gasteiger partial charge is 0.257 e. The Balaban J connectivity index is 2.36. The lowest BCUT2D eigenvalue weighted by molar-refractivity contribution is 0.102. The number of carbonyl (C=O) groups excluding carboxylic acids is 1. The number of benzene rings is 2. The molecule has 0 saturated carbocycles. The first-order valence-corrected chi connectivity index (χ1v) is 8.67. The minimum atomic E-state index is -0.401. The van der Waals surface area contributed by atoms with Crippen LogP contribution in [0.3, 0.4) is 0 Å². The number of halogens is 2. The molecule has 0 fully saturated rings. The fourth-order valence-electron chi connectivity index (χ4n) is 1.84. The van der Waals surface area contributed by atoms with E-state index in [-0.39, 0.29) is 0 Å². The van der Waals surface area contributed by atoms with Gasteiger partial charge < -0.3 is 5.32 Å². The van der Waals surface area contributed by atoms with Crippen LogP contribution >= 0.6 is 35.0 Å². The highest BCUT2D eigenvalue weighted by molar-refractivity contribution is 8.13. The Morgan fingerprint density at radius 2 is 1.83 bits per heavy atom. The summed E-state index contributed by atoms with van der Waals surface area (Å²) in [5.74, 6) is -0.401.